The van der Waals surface area contributed by atoms with Crippen molar-refractivity contribution in [3.63, 3.8) is 0 Å². The number of hydrogen-bond acceptors (Lipinski definition) is 6. The monoisotopic (exact) mass is 1020 g/mol. The molecule has 0 aliphatic carbocycles. The summed E-state index contributed by atoms with van der Waals surface area (Å²) < 4.78 is 16.9. The van der Waals surface area contributed by atoms with Crippen LogP contribution in [-0.4, -0.2) is 37.2 Å². The SMILES string of the molecule is CC/C=C\C/C=C\C/C=C\CCCCCCCCCC(=O)OC(COC(=O)CCCCCCCCCC)COC(=O)CCCCCCCCCCCCCCCCCCCCCCCCCCCCCCCC. The largest absolute Gasteiger partial charge is 0.462 e. The molecule has 0 bridgehead atoms. The molecule has 0 rings (SSSR count). The molecule has 0 saturated heterocycles. The van der Waals surface area contributed by atoms with Gasteiger partial charge in [0, 0.05) is 19.3 Å². The van der Waals surface area contributed by atoms with E-state index in [-0.39, 0.29) is 31.1 Å². The van der Waals surface area contributed by atoms with E-state index in [0.717, 1.165) is 83.5 Å². The van der Waals surface area contributed by atoms with Crippen molar-refractivity contribution in [2.24, 2.45) is 0 Å². The molecule has 73 heavy (non-hydrogen) atoms. The second-order valence-electron chi connectivity index (χ2n) is 22.0. The molecule has 0 radical (unpaired) electrons. The van der Waals surface area contributed by atoms with Gasteiger partial charge < -0.3 is 14.2 Å². The van der Waals surface area contributed by atoms with Gasteiger partial charge in [-0.3, -0.25) is 14.4 Å². The number of carbonyl (C=O) groups is 3. The average molecular weight is 1030 g/mol. The molecule has 0 amide bonds. The highest BCUT2D eigenvalue weighted by molar-refractivity contribution is 5.71. The molecule has 0 aromatic carbocycles. The van der Waals surface area contributed by atoms with Crippen LogP contribution in [0.4, 0.5) is 0 Å². The molecule has 0 aliphatic heterocycles. The van der Waals surface area contributed by atoms with Crippen LogP contribution in [0, 0.1) is 0 Å². The van der Waals surface area contributed by atoms with E-state index in [9.17, 15) is 14.4 Å². The first kappa shape index (κ1) is 70.6. The Kier molecular flexibility index (Phi) is 60.2. The third-order valence-electron chi connectivity index (χ3n) is 14.7. The Hall–Kier alpha value is -2.37. The summed E-state index contributed by atoms with van der Waals surface area (Å²) in [7, 11) is 0. The van der Waals surface area contributed by atoms with E-state index < -0.39 is 6.10 Å². The van der Waals surface area contributed by atoms with Crippen LogP contribution in [-0.2, 0) is 28.6 Å². The minimum atomic E-state index is -0.773. The van der Waals surface area contributed by atoms with Crippen LogP contribution in [0.5, 0.6) is 0 Å². The van der Waals surface area contributed by atoms with Gasteiger partial charge in [-0.2, -0.15) is 0 Å². The summed E-state index contributed by atoms with van der Waals surface area (Å²) in [5.74, 6) is -0.866. The average Bonchev–Trinajstić information content (AvgIpc) is 3.39. The van der Waals surface area contributed by atoms with Gasteiger partial charge in [-0.05, 0) is 51.4 Å². The maximum absolute atomic E-state index is 12.8. The maximum Gasteiger partial charge on any atom is 0.306 e. The topological polar surface area (TPSA) is 78.9 Å². The summed E-state index contributed by atoms with van der Waals surface area (Å²) in [4.78, 5) is 38.1. The number of rotatable bonds is 60. The predicted molar refractivity (Wildman–Crippen MR) is 316 cm³/mol. The third-order valence-corrected chi connectivity index (χ3v) is 14.7. The number of allylic oxidation sites excluding steroid dienone is 6. The van der Waals surface area contributed by atoms with Gasteiger partial charge in [0.25, 0.3) is 0 Å². The van der Waals surface area contributed by atoms with Crippen LogP contribution in [0.3, 0.4) is 0 Å². The minimum absolute atomic E-state index is 0.0717. The molecule has 0 saturated carbocycles. The molecule has 6 heteroatoms. The molecule has 1 unspecified atom stereocenters. The van der Waals surface area contributed by atoms with E-state index in [1.165, 1.54) is 231 Å². The van der Waals surface area contributed by atoms with Crippen molar-refractivity contribution in [3.05, 3.63) is 36.5 Å². The van der Waals surface area contributed by atoms with Crippen molar-refractivity contribution < 1.29 is 28.6 Å². The van der Waals surface area contributed by atoms with Crippen molar-refractivity contribution >= 4 is 17.9 Å². The molecule has 0 heterocycles. The lowest BCUT2D eigenvalue weighted by molar-refractivity contribution is -0.167. The summed E-state index contributed by atoms with van der Waals surface area (Å²) in [5, 5.41) is 0. The van der Waals surface area contributed by atoms with Crippen molar-refractivity contribution in [3.8, 4) is 0 Å². The van der Waals surface area contributed by atoms with Gasteiger partial charge in [0.05, 0.1) is 0 Å². The van der Waals surface area contributed by atoms with Crippen LogP contribution in [0.1, 0.15) is 355 Å². The Morgan fingerprint density at radius 1 is 0.288 bits per heavy atom. The number of hydrogen-bond donors (Lipinski definition) is 0. The fraction of sp³-hybridized carbons (Fsp3) is 0.866. The van der Waals surface area contributed by atoms with Gasteiger partial charge in [0.1, 0.15) is 13.2 Å². The summed E-state index contributed by atoms with van der Waals surface area (Å²) >= 11 is 0. The number of ether oxygens (including phenoxy) is 3. The lowest BCUT2D eigenvalue weighted by Gasteiger charge is -2.18. The van der Waals surface area contributed by atoms with E-state index in [2.05, 4.69) is 57.2 Å². The molecule has 0 aliphatic rings. The van der Waals surface area contributed by atoms with E-state index in [0.29, 0.717) is 19.3 Å². The predicted octanol–water partition coefficient (Wildman–Crippen LogP) is 22.0. The van der Waals surface area contributed by atoms with Gasteiger partial charge in [0.2, 0.25) is 0 Å². The Labute approximate surface area is 455 Å². The molecule has 428 valence electrons. The molecule has 0 N–H and O–H groups in total. The number of carbonyl (C=O) groups excluding carboxylic acids is 3. The van der Waals surface area contributed by atoms with Crippen molar-refractivity contribution in [2.75, 3.05) is 13.2 Å². The first-order valence-corrected chi connectivity index (χ1v) is 32.5. The van der Waals surface area contributed by atoms with Gasteiger partial charge in [0.15, 0.2) is 6.10 Å². The lowest BCUT2D eigenvalue weighted by atomic mass is 10.0. The van der Waals surface area contributed by atoms with E-state index in [4.69, 9.17) is 14.2 Å². The highest BCUT2D eigenvalue weighted by Crippen LogP contribution is 2.18. The molecule has 6 nitrogen and oxygen atoms in total. The Bertz CT molecular complexity index is 1220. The van der Waals surface area contributed by atoms with Crippen LogP contribution < -0.4 is 0 Å². The first-order chi connectivity index (χ1) is 36.0. The zero-order valence-corrected chi connectivity index (χ0v) is 49.2. The van der Waals surface area contributed by atoms with Crippen LogP contribution >= 0.6 is 0 Å². The van der Waals surface area contributed by atoms with Crippen molar-refractivity contribution in [1.82, 2.24) is 0 Å². The van der Waals surface area contributed by atoms with Gasteiger partial charge in [-0.25, -0.2) is 0 Å². The smallest absolute Gasteiger partial charge is 0.306 e. The third kappa shape index (κ3) is 60.4. The summed E-state index contributed by atoms with van der Waals surface area (Å²) in [6.07, 6.45) is 76.2. The van der Waals surface area contributed by atoms with Crippen LogP contribution in [0.15, 0.2) is 36.5 Å². The standard InChI is InChI=1S/C67H124O6/c1-4-7-10-13-16-19-21-23-25-27-28-29-30-31-32-33-34-35-36-37-38-39-41-42-44-46-48-51-54-57-60-66(69)72-63-64(62-71-65(68)59-56-53-50-18-15-12-9-6-3)73-67(70)61-58-55-52-49-47-45-43-40-26-24-22-20-17-14-11-8-5-2/h8,11,17,20,24,26,64H,4-7,9-10,12-16,18-19,21-23,25,27-63H2,1-3H3/b11-8-,20-17-,26-24-. The summed E-state index contributed by atoms with van der Waals surface area (Å²) in [5.41, 5.74) is 0. The molecule has 0 aromatic heterocycles. The minimum Gasteiger partial charge on any atom is -0.462 e. The molecular weight excluding hydrogens is 901 g/mol. The number of unbranched alkanes of at least 4 members (excludes halogenated alkanes) is 43. The normalized spacial score (nSPS) is 12.2. The second-order valence-corrected chi connectivity index (χ2v) is 22.0. The number of esters is 3. The molecule has 0 spiro atoms. The van der Waals surface area contributed by atoms with Gasteiger partial charge in [-0.15, -0.1) is 0 Å². The maximum atomic E-state index is 12.8. The molecule has 0 aromatic rings. The fourth-order valence-electron chi connectivity index (χ4n) is 9.81. The second kappa shape index (κ2) is 62.2. The van der Waals surface area contributed by atoms with E-state index in [1.807, 2.05) is 0 Å². The zero-order chi connectivity index (χ0) is 52.9. The first-order valence-electron chi connectivity index (χ1n) is 32.5. The summed E-state index contributed by atoms with van der Waals surface area (Å²) in [6, 6.07) is 0. The van der Waals surface area contributed by atoms with Gasteiger partial charge in [-0.1, -0.05) is 320 Å². The van der Waals surface area contributed by atoms with Crippen LogP contribution in [0.25, 0.3) is 0 Å². The van der Waals surface area contributed by atoms with Crippen molar-refractivity contribution in [1.29, 1.82) is 0 Å². The Morgan fingerprint density at radius 3 is 0.836 bits per heavy atom. The van der Waals surface area contributed by atoms with Crippen LogP contribution in [0.2, 0.25) is 0 Å². The van der Waals surface area contributed by atoms with Gasteiger partial charge >= 0.3 is 17.9 Å². The molecule has 0 fully saturated rings. The van der Waals surface area contributed by atoms with E-state index in [1.54, 1.807) is 0 Å². The zero-order valence-electron chi connectivity index (χ0n) is 49.2. The highest BCUT2D eigenvalue weighted by atomic mass is 16.6. The van der Waals surface area contributed by atoms with E-state index >= 15 is 0 Å². The summed E-state index contributed by atoms with van der Waals surface area (Å²) in [6.45, 7) is 6.55. The fourth-order valence-corrected chi connectivity index (χ4v) is 9.81. The Morgan fingerprint density at radius 2 is 0.534 bits per heavy atom. The molecule has 1 atom stereocenters. The Balaban J connectivity index is 4.03. The lowest BCUT2D eigenvalue weighted by Crippen LogP contribution is -2.30. The van der Waals surface area contributed by atoms with Crippen molar-refractivity contribution in [2.45, 2.75) is 361 Å². The highest BCUT2D eigenvalue weighted by Gasteiger charge is 2.19. The molecular formula is C67H124O6. The quantitative estimate of drug-likeness (QED) is 0.0261.